The smallest absolute Gasteiger partial charge is 0.227 e. The lowest BCUT2D eigenvalue weighted by atomic mass is 10.1. The molecule has 6 heteroatoms. The molecule has 1 aliphatic rings. The van der Waals surface area contributed by atoms with Gasteiger partial charge in [0, 0.05) is 45.5 Å². The summed E-state index contributed by atoms with van der Waals surface area (Å²) < 4.78 is 2.08. The first-order chi connectivity index (χ1) is 13.2. The van der Waals surface area contributed by atoms with E-state index in [1.807, 2.05) is 54.7 Å². The number of carbonyl (C=O) groups is 1. The average Bonchev–Trinajstić information content (AvgIpc) is 3.12. The number of amides is 1. The fourth-order valence-electron chi connectivity index (χ4n) is 3.69. The molecule has 0 saturated carbocycles. The molecule has 1 aliphatic heterocycles. The van der Waals surface area contributed by atoms with Gasteiger partial charge in [-0.3, -0.25) is 14.7 Å². The van der Waals surface area contributed by atoms with Crippen LogP contribution in [-0.4, -0.2) is 56.4 Å². The van der Waals surface area contributed by atoms with Crippen LogP contribution in [0.15, 0.2) is 55.0 Å². The van der Waals surface area contributed by atoms with Crippen molar-refractivity contribution < 1.29 is 4.79 Å². The summed E-state index contributed by atoms with van der Waals surface area (Å²) in [4.78, 5) is 26.1. The Morgan fingerprint density at radius 1 is 1.04 bits per heavy atom. The molecule has 0 radical (unpaired) electrons. The number of imidazole rings is 1. The van der Waals surface area contributed by atoms with Crippen molar-refractivity contribution in [3.63, 3.8) is 0 Å². The van der Waals surface area contributed by atoms with Gasteiger partial charge in [0.15, 0.2) is 0 Å². The maximum absolute atomic E-state index is 12.9. The van der Waals surface area contributed by atoms with Gasteiger partial charge in [0.1, 0.15) is 0 Å². The normalized spacial score (nSPS) is 16.6. The Labute approximate surface area is 159 Å². The van der Waals surface area contributed by atoms with E-state index in [4.69, 9.17) is 0 Å². The van der Waals surface area contributed by atoms with Crippen LogP contribution < -0.4 is 0 Å². The highest BCUT2D eigenvalue weighted by molar-refractivity contribution is 5.79. The summed E-state index contributed by atoms with van der Waals surface area (Å²) in [5.74, 6) is 0.162. The molecular formula is C21H25N5O. The minimum atomic E-state index is -0.0649. The van der Waals surface area contributed by atoms with Crippen molar-refractivity contribution in [2.45, 2.75) is 20.0 Å². The van der Waals surface area contributed by atoms with Crippen molar-refractivity contribution in [3.05, 3.63) is 60.7 Å². The number of hydrogen-bond acceptors (Lipinski definition) is 4. The summed E-state index contributed by atoms with van der Waals surface area (Å²) in [5, 5.41) is 0. The molecule has 4 rings (SSSR count). The van der Waals surface area contributed by atoms with Crippen molar-refractivity contribution >= 4 is 16.9 Å². The van der Waals surface area contributed by atoms with E-state index in [9.17, 15) is 4.79 Å². The lowest BCUT2D eigenvalue weighted by molar-refractivity contribution is -0.137. The first-order valence-corrected chi connectivity index (χ1v) is 9.51. The SMILES string of the molecule is C[C@@H](Cn1cnc2ccccc21)C(=O)N1CCN(Cc2ccccn2)CC1. The summed E-state index contributed by atoms with van der Waals surface area (Å²) in [7, 11) is 0. The third-order valence-electron chi connectivity index (χ3n) is 5.22. The summed E-state index contributed by atoms with van der Waals surface area (Å²) in [5.41, 5.74) is 3.13. The molecule has 1 fully saturated rings. The maximum Gasteiger partial charge on any atom is 0.227 e. The summed E-state index contributed by atoms with van der Waals surface area (Å²) >= 11 is 0. The molecule has 1 atom stereocenters. The second-order valence-corrected chi connectivity index (χ2v) is 7.21. The second-order valence-electron chi connectivity index (χ2n) is 7.21. The number of carbonyl (C=O) groups excluding carboxylic acids is 1. The summed E-state index contributed by atoms with van der Waals surface area (Å²) in [6.45, 7) is 6.86. The van der Waals surface area contributed by atoms with Gasteiger partial charge in [-0.05, 0) is 24.3 Å². The van der Waals surface area contributed by atoms with Crippen molar-refractivity contribution in [1.29, 1.82) is 0 Å². The third kappa shape index (κ3) is 4.01. The monoisotopic (exact) mass is 363 g/mol. The number of hydrogen-bond donors (Lipinski definition) is 0. The molecule has 0 bridgehead atoms. The standard InChI is InChI=1S/C21H25N5O/c1-17(14-26-16-23-19-7-2-3-8-20(19)26)21(27)25-12-10-24(11-13-25)15-18-6-4-5-9-22-18/h2-9,16-17H,10-15H2,1H3/t17-/m0/s1. The second kappa shape index (κ2) is 7.88. The van der Waals surface area contributed by atoms with Crippen LogP contribution in [0.4, 0.5) is 0 Å². The van der Waals surface area contributed by atoms with E-state index in [2.05, 4.69) is 31.6 Å². The molecular weight excluding hydrogens is 338 g/mol. The van der Waals surface area contributed by atoms with Gasteiger partial charge in [-0.25, -0.2) is 4.98 Å². The Bertz CT molecular complexity index is 899. The fraction of sp³-hybridized carbons (Fsp3) is 0.381. The van der Waals surface area contributed by atoms with Crippen LogP contribution in [0.25, 0.3) is 11.0 Å². The van der Waals surface area contributed by atoms with Gasteiger partial charge in [-0.1, -0.05) is 25.1 Å². The van der Waals surface area contributed by atoms with E-state index in [1.165, 1.54) is 0 Å². The van der Waals surface area contributed by atoms with Crippen LogP contribution in [0.5, 0.6) is 0 Å². The van der Waals surface area contributed by atoms with Crippen molar-refractivity contribution in [2.24, 2.45) is 5.92 Å². The molecule has 27 heavy (non-hydrogen) atoms. The van der Waals surface area contributed by atoms with Gasteiger partial charge in [-0.2, -0.15) is 0 Å². The van der Waals surface area contributed by atoms with E-state index in [1.54, 1.807) is 0 Å². The first kappa shape index (κ1) is 17.7. The van der Waals surface area contributed by atoms with E-state index in [0.29, 0.717) is 6.54 Å². The highest BCUT2D eigenvalue weighted by Gasteiger charge is 2.25. The molecule has 2 aromatic heterocycles. The number of nitrogens with zero attached hydrogens (tertiary/aromatic N) is 5. The lowest BCUT2D eigenvalue weighted by Gasteiger charge is -2.35. The molecule has 1 amide bonds. The summed E-state index contributed by atoms with van der Waals surface area (Å²) in [6.07, 6.45) is 3.66. The molecule has 1 aromatic carbocycles. The maximum atomic E-state index is 12.9. The minimum Gasteiger partial charge on any atom is -0.340 e. The van der Waals surface area contributed by atoms with Crippen LogP contribution in [0, 0.1) is 5.92 Å². The number of benzene rings is 1. The van der Waals surface area contributed by atoms with Crippen LogP contribution in [0.1, 0.15) is 12.6 Å². The molecule has 0 unspecified atom stereocenters. The van der Waals surface area contributed by atoms with Crippen LogP contribution in [-0.2, 0) is 17.9 Å². The number of fused-ring (bicyclic) bond motifs is 1. The third-order valence-corrected chi connectivity index (χ3v) is 5.22. The predicted octanol–water partition coefficient (Wildman–Crippen LogP) is 2.41. The minimum absolute atomic E-state index is 0.0649. The fourth-order valence-corrected chi connectivity index (χ4v) is 3.69. The van der Waals surface area contributed by atoms with Crippen molar-refractivity contribution in [3.8, 4) is 0 Å². The number of rotatable bonds is 5. The predicted molar refractivity (Wildman–Crippen MR) is 105 cm³/mol. The van der Waals surface area contributed by atoms with Crippen molar-refractivity contribution in [2.75, 3.05) is 26.2 Å². The van der Waals surface area contributed by atoms with Crippen molar-refractivity contribution in [1.82, 2.24) is 24.3 Å². The highest BCUT2D eigenvalue weighted by atomic mass is 16.2. The van der Waals surface area contributed by atoms with E-state index < -0.39 is 0 Å². The average molecular weight is 363 g/mol. The van der Waals surface area contributed by atoms with E-state index in [0.717, 1.165) is 49.5 Å². The molecule has 140 valence electrons. The van der Waals surface area contributed by atoms with Crippen LogP contribution >= 0.6 is 0 Å². The molecule has 3 aromatic rings. The highest BCUT2D eigenvalue weighted by Crippen LogP contribution is 2.16. The topological polar surface area (TPSA) is 54.3 Å². The van der Waals surface area contributed by atoms with Gasteiger partial charge in [0.2, 0.25) is 5.91 Å². The molecule has 3 heterocycles. The van der Waals surface area contributed by atoms with Gasteiger partial charge in [0.25, 0.3) is 0 Å². The zero-order valence-corrected chi connectivity index (χ0v) is 15.7. The largest absolute Gasteiger partial charge is 0.340 e. The Hall–Kier alpha value is -2.73. The van der Waals surface area contributed by atoms with Crippen LogP contribution in [0.2, 0.25) is 0 Å². The Balaban J connectivity index is 1.32. The molecule has 6 nitrogen and oxygen atoms in total. The number of piperazine rings is 1. The zero-order valence-electron chi connectivity index (χ0n) is 15.7. The lowest BCUT2D eigenvalue weighted by Crippen LogP contribution is -2.50. The Morgan fingerprint density at radius 2 is 1.81 bits per heavy atom. The quantitative estimate of drug-likeness (QED) is 0.699. The van der Waals surface area contributed by atoms with Gasteiger partial charge in [0.05, 0.1) is 29.0 Å². The Morgan fingerprint density at radius 3 is 2.59 bits per heavy atom. The van der Waals surface area contributed by atoms with E-state index in [-0.39, 0.29) is 11.8 Å². The van der Waals surface area contributed by atoms with Gasteiger partial charge in [-0.15, -0.1) is 0 Å². The molecule has 0 N–H and O–H groups in total. The number of pyridine rings is 1. The molecule has 1 saturated heterocycles. The molecule has 0 aliphatic carbocycles. The number of para-hydroxylation sites is 2. The zero-order chi connectivity index (χ0) is 18.6. The first-order valence-electron chi connectivity index (χ1n) is 9.51. The van der Waals surface area contributed by atoms with E-state index >= 15 is 0 Å². The Kier molecular flexibility index (Phi) is 5.16. The van der Waals surface area contributed by atoms with Crippen LogP contribution in [0.3, 0.4) is 0 Å². The number of aromatic nitrogens is 3. The summed E-state index contributed by atoms with van der Waals surface area (Å²) in [6, 6.07) is 14.0. The molecule has 0 spiro atoms. The van der Waals surface area contributed by atoms with Gasteiger partial charge >= 0.3 is 0 Å². The van der Waals surface area contributed by atoms with Gasteiger partial charge < -0.3 is 9.47 Å².